The summed E-state index contributed by atoms with van der Waals surface area (Å²) >= 11 is 11.6. The third-order valence-corrected chi connectivity index (χ3v) is 5.38. The van der Waals surface area contributed by atoms with E-state index in [2.05, 4.69) is 39.3 Å². The fraction of sp³-hybridized carbons (Fsp3) is 0.476. The summed E-state index contributed by atoms with van der Waals surface area (Å²) in [4.78, 5) is 11.1. The third-order valence-electron chi connectivity index (χ3n) is 4.94. The Labute approximate surface area is 182 Å². The molecule has 1 aromatic carbocycles. The standard InChI is InChI=1S/C21H27ClFN5S/c1-14-10-15(2)13-28(12-14)19-11-18(22)25-20(26-19)27-21(29)24-9-3-4-16-5-7-17(23)8-6-16/h5-8,11,14-15H,3-4,9-10,12-13H2,1-2H3,(H2,24,25,26,27,29). The molecule has 1 aliphatic heterocycles. The highest BCUT2D eigenvalue weighted by molar-refractivity contribution is 7.80. The molecular weight excluding hydrogens is 409 g/mol. The van der Waals surface area contributed by atoms with Gasteiger partial charge in [-0.15, -0.1) is 0 Å². The Morgan fingerprint density at radius 1 is 1.21 bits per heavy atom. The molecule has 0 radical (unpaired) electrons. The van der Waals surface area contributed by atoms with E-state index in [1.807, 2.05) is 0 Å². The molecule has 5 nitrogen and oxygen atoms in total. The van der Waals surface area contributed by atoms with Gasteiger partial charge in [-0.2, -0.15) is 4.98 Å². The highest BCUT2D eigenvalue weighted by atomic mass is 35.5. The smallest absolute Gasteiger partial charge is 0.232 e. The van der Waals surface area contributed by atoms with Crippen molar-refractivity contribution in [3.63, 3.8) is 0 Å². The van der Waals surface area contributed by atoms with Gasteiger partial charge in [0, 0.05) is 25.7 Å². The van der Waals surface area contributed by atoms with Crippen molar-refractivity contribution in [1.82, 2.24) is 15.3 Å². The summed E-state index contributed by atoms with van der Waals surface area (Å²) in [5.41, 5.74) is 1.10. The lowest BCUT2D eigenvalue weighted by Crippen LogP contribution is -2.39. The van der Waals surface area contributed by atoms with Gasteiger partial charge in [-0.3, -0.25) is 0 Å². The molecule has 0 spiro atoms. The van der Waals surface area contributed by atoms with E-state index in [-0.39, 0.29) is 5.82 Å². The predicted octanol–water partition coefficient (Wildman–Crippen LogP) is 4.67. The number of hydrogen-bond acceptors (Lipinski definition) is 4. The van der Waals surface area contributed by atoms with Crippen molar-refractivity contribution >= 4 is 40.7 Å². The van der Waals surface area contributed by atoms with E-state index in [1.165, 1.54) is 18.6 Å². The lowest BCUT2D eigenvalue weighted by molar-refractivity contribution is 0.355. The molecule has 156 valence electrons. The van der Waals surface area contributed by atoms with Crippen molar-refractivity contribution in [3.8, 4) is 0 Å². The molecule has 2 unspecified atom stereocenters. The summed E-state index contributed by atoms with van der Waals surface area (Å²) in [6.07, 6.45) is 2.95. The topological polar surface area (TPSA) is 53.1 Å². The van der Waals surface area contributed by atoms with Crippen LogP contribution in [0.1, 0.15) is 32.3 Å². The number of nitrogens with one attached hydrogen (secondary N) is 2. The van der Waals surface area contributed by atoms with E-state index in [0.717, 1.165) is 37.3 Å². The predicted molar refractivity (Wildman–Crippen MR) is 121 cm³/mol. The summed E-state index contributed by atoms with van der Waals surface area (Å²) in [5, 5.41) is 7.03. The van der Waals surface area contributed by atoms with Crippen molar-refractivity contribution in [3.05, 3.63) is 46.9 Å². The maximum atomic E-state index is 12.9. The van der Waals surface area contributed by atoms with Crippen LogP contribution in [0, 0.1) is 17.7 Å². The molecular formula is C21H27ClFN5S. The van der Waals surface area contributed by atoms with Gasteiger partial charge in [0.15, 0.2) is 5.11 Å². The number of thiocarbonyl (C=S) groups is 1. The van der Waals surface area contributed by atoms with Crippen LogP contribution in [0.15, 0.2) is 30.3 Å². The van der Waals surface area contributed by atoms with Gasteiger partial charge in [0.2, 0.25) is 5.95 Å². The van der Waals surface area contributed by atoms with Gasteiger partial charge in [0.1, 0.15) is 16.8 Å². The minimum atomic E-state index is -0.216. The summed E-state index contributed by atoms with van der Waals surface area (Å²) in [7, 11) is 0. The lowest BCUT2D eigenvalue weighted by Gasteiger charge is -2.35. The molecule has 2 aromatic rings. The highest BCUT2D eigenvalue weighted by Gasteiger charge is 2.23. The first-order valence-electron chi connectivity index (χ1n) is 9.98. The van der Waals surface area contributed by atoms with Crippen LogP contribution in [0.3, 0.4) is 0 Å². The second kappa shape index (κ2) is 10.2. The molecule has 2 atom stereocenters. The zero-order valence-electron chi connectivity index (χ0n) is 16.8. The summed E-state index contributed by atoms with van der Waals surface area (Å²) in [6.45, 7) is 7.13. The van der Waals surface area contributed by atoms with Gasteiger partial charge in [-0.05, 0) is 61.0 Å². The Kier molecular flexibility index (Phi) is 7.61. The molecule has 1 saturated heterocycles. The van der Waals surface area contributed by atoms with E-state index in [9.17, 15) is 4.39 Å². The van der Waals surface area contributed by atoms with Crippen molar-refractivity contribution in [1.29, 1.82) is 0 Å². The molecule has 0 saturated carbocycles. The molecule has 0 bridgehead atoms. The fourth-order valence-corrected chi connectivity index (χ4v) is 4.14. The van der Waals surface area contributed by atoms with Crippen LogP contribution in [0.25, 0.3) is 0 Å². The zero-order valence-corrected chi connectivity index (χ0v) is 18.4. The summed E-state index contributed by atoms with van der Waals surface area (Å²) in [5.74, 6) is 2.24. The average molecular weight is 436 g/mol. The van der Waals surface area contributed by atoms with Gasteiger partial charge in [0.25, 0.3) is 0 Å². The van der Waals surface area contributed by atoms with Crippen LogP contribution in [0.4, 0.5) is 16.2 Å². The van der Waals surface area contributed by atoms with Crippen molar-refractivity contribution in [2.24, 2.45) is 11.8 Å². The zero-order chi connectivity index (χ0) is 20.8. The molecule has 2 heterocycles. The minimum absolute atomic E-state index is 0.216. The van der Waals surface area contributed by atoms with E-state index in [4.69, 9.17) is 23.8 Å². The van der Waals surface area contributed by atoms with Crippen LogP contribution in [0.5, 0.6) is 0 Å². The Morgan fingerprint density at radius 2 is 1.90 bits per heavy atom. The van der Waals surface area contributed by atoms with Crippen molar-refractivity contribution in [2.75, 3.05) is 29.9 Å². The van der Waals surface area contributed by atoms with E-state index in [0.29, 0.717) is 34.6 Å². The van der Waals surface area contributed by atoms with Crippen LogP contribution in [0.2, 0.25) is 5.15 Å². The van der Waals surface area contributed by atoms with Gasteiger partial charge < -0.3 is 15.5 Å². The van der Waals surface area contributed by atoms with E-state index < -0.39 is 0 Å². The van der Waals surface area contributed by atoms with E-state index >= 15 is 0 Å². The average Bonchev–Trinajstić information content (AvgIpc) is 2.65. The highest BCUT2D eigenvalue weighted by Crippen LogP contribution is 2.27. The number of aromatic nitrogens is 2. The Hall–Kier alpha value is -1.99. The lowest BCUT2D eigenvalue weighted by atomic mass is 9.92. The molecule has 29 heavy (non-hydrogen) atoms. The Bertz CT molecular complexity index is 822. The van der Waals surface area contributed by atoms with Crippen molar-refractivity contribution < 1.29 is 4.39 Å². The largest absolute Gasteiger partial charge is 0.362 e. The van der Waals surface area contributed by atoms with Crippen LogP contribution in [-0.4, -0.2) is 34.7 Å². The number of rotatable bonds is 6. The molecule has 3 rings (SSSR count). The van der Waals surface area contributed by atoms with Crippen LogP contribution >= 0.6 is 23.8 Å². The Morgan fingerprint density at radius 3 is 2.59 bits per heavy atom. The van der Waals surface area contributed by atoms with Crippen LogP contribution in [-0.2, 0) is 6.42 Å². The molecule has 0 amide bonds. The van der Waals surface area contributed by atoms with Gasteiger partial charge in [-0.25, -0.2) is 9.37 Å². The second-order valence-electron chi connectivity index (χ2n) is 7.83. The van der Waals surface area contributed by atoms with Gasteiger partial charge in [-0.1, -0.05) is 37.6 Å². The van der Waals surface area contributed by atoms with Gasteiger partial charge in [0.05, 0.1) is 0 Å². The van der Waals surface area contributed by atoms with Gasteiger partial charge >= 0.3 is 0 Å². The maximum absolute atomic E-state index is 12.9. The number of halogens is 2. The first kappa shape index (κ1) is 21.7. The summed E-state index contributed by atoms with van der Waals surface area (Å²) < 4.78 is 12.9. The molecule has 2 N–H and O–H groups in total. The minimum Gasteiger partial charge on any atom is -0.362 e. The number of anilines is 2. The molecule has 0 aliphatic carbocycles. The molecule has 1 aliphatic rings. The monoisotopic (exact) mass is 435 g/mol. The first-order valence-corrected chi connectivity index (χ1v) is 10.8. The molecule has 1 fully saturated rings. The third kappa shape index (κ3) is 6.78. The van der Waals surface area contributed by atoms with E-state index in [1.54, 1.807) is 18.2 Å². The SMILES string of the molecule is CC1CC(C)CN(c2cc(Cl)nc(NC(=S)NCCCc3ccc(F)cc3)n2)C1. The first-order chi connectivity index (χ1) is 13.9. The maximum Gasteiger partial charge on any atom is 0.232 e. The quantitative estimate of drug-likeness (QED) is 0.390. The number of piperidine rings is 1. The van der Waals surface area contributed by atoms with Crippen molar-refractivity contribution in [2.45, 2.75) is 33.1 Å². The number of nitrogens with zero attached hydrogens (tertiary/aromatic N) is 3. The molecule has 1 aromatic heterocycles. The Balaban J connectivity index is 1.50. The molecule has 8 heteroatoms. The normalized spacial score (nSPS) is 19.1. The number of benzene rings is 1. The fourth-order valence-electron chi connectivity index (χ4n) is 3.76. The number of hydrogen-bond donors (Lipinski definition) is 2. The summed E-state index contributed by atoms with van der Waals surface area (Å²) in [6, 6.07) is 8.36. The second-order valence-corrected chi connectivity index (χ2v) is 8.63. The number of aryl methyl sites for hydroxylation is 1. The van der Waals surface area contributed by atoms with Crippen LogP contribution < -0.4 is 15.5 Å².